The van der Waals surface area contributed by atoms with Crippen molar-refractivity contribution in [1.29, 1.82) is 0 Å². The molecule has 7 heteroatoms. The number of hydrogen-bond acceptors (Lipinski definition) is 4. The number of aryl methyl sites for hydroxylation is 1. The summed E-state index contributed by atoms with van der Waals surface area (Å²) in [5.74, 6) is 0.894. The summed E-state index contributed by atoms with van der Waals surface area (Å²) in [6.45, 7) is 1.58. The topological polar surface area (TPSA) is 82.1 Å². The first kappa shape index (κ1) is 16.6. The summed E-state index contributed by atoms with van der Waals surface area (Å²) in [7, 11) is 1.63. The van der Waals surface area contributed by atoms with E-state index in [1.807, 2.05) is 24.3 Å². The number of nitrogens with zero attached hydrogens (tertiary/aromatic N) is 2. The Morgan fingerprint density at radius 3 is 2.75 bits per heavy atom. The maximum atomic E-state index is 12.3. The zero-order valence-electron chi connectivity index (χ0n) is 13.8. The molecule has 2 fully saturated rings. The van der Waals surface area contributed by atoms with Gasteiger partial charge >= 0.3 is 6.03 Å². The van der Waals surface area contributed by atoms with E-state index in [0.717, 1.165) is 11.3 Å². The lowest BCUT2D eigenvalue weighted by molar-refractivity contribution is -0.137. The second-order valence-corrected chi connectivity index (χ2v) is 6.25. The lowest BCUT2D eigenvalue weighted by Crippen LogP contribution is -2.61. The van der Waals surface area contributed by atoms with Crippen LogP contribution in [0, 0.1) is 0 Å². The minimum atomic E-state index is -0.201. The molecule has 130 valence electrons. The number of urea groups is 1. The Labute approximate surface area is 141 Å². The highest BCUT2D eigenvalue weighted by Gasteiger charge is 2.41. The fraction of sp³-hybridized carbons (Fsp3) is 0.529. The molecule has 3 rings (SSSR count). The highest BCUT2D eigenvalue weighted by atomic mass is 16.5. The smallest absolute Gasteiger partial charge is 0.318 e. The molecule has 0 radical (unpaired) electrons. The molecule has 0 saturated carbocycles. The summed E-state index contributed by atoms with van der Waals surface area (Å²) < 4.78 is 5.30. The minimum Gasteiger partial charge on any atom is -0.496 e. The van der Waals surface area contributed by atoms with Gasteiger partial charge < -0.3 is 25.0 Å². The molecule has 24 heavy (non-hydrogen) atoms. The van der Waals surface area contributed by atoms with Gasteiger partial charge in [-0.05, 0) is 18.1 Å². The Balaban J connectivity index is 1.46. The quantitative estimate of drug-likeness (QED) is 0.780. The summed E-state index contributed by atoms with van der Waals surface area (Å²) in [6, 6.07) is 7.40. The van der Waals surface area contributed by atoms with E-state index in [-0.39, 0.29) is 30.6 Å². The molecule has 0 aromatic heterocycles. The first-order valence-corrected chi connectivity index (χ1v) is 8.20. The molecule has 1 atom stereocenters. The molecule has 0 aliphatic carbocycles. The van der Waals surface area contributed by atoms with E-state index in [9.17, 15) is 9.59 Å². The van der Waals surface area contributed by atoms with Gasteiger partial charge in [-0.1, -0.05) is 18.2 Å². The molecule has 0 bridgehead atoms. The van der Waals surface area contributed by atoms with Crippen molar-refractivity contribution < 1.29 is 19.4 Å². The second kappa shape index (κ2) is 7.09. The zero-order valence-corrected chi connectivity index (χ0v) is 13.8. The molecule has 3 amide bonds. The Morgan fingerprint density at radius 1 is 1.33 bits per heavy atom. The number of amides is 3. The van der Waals surface area contributed by atoms with Gasteiger partial charge in [-0.3, -0.25) is 4.79 Å². The number of benzene rings is 1. The molecule has 0 spiro atoms. The molecule has 7 nitrogen and oxygen atoms in total. The number of ether oxygens (including phenoxy) is 1. The average molecular weight is 333 g/mol. The standard InChI is InChI=1S/C17H23N3O4/c1-24-15-5-3-2-4-12(15)6-7-16(22)19-9-14(10-19)20-8-13(11-21)18-17(20)23/h2-5,13-14,21H,6-11H2,1H3,(H,18,23)/t13-/m1/s1. The first-order chi connectivity index (χ1) is 11.6. The van der Waals surface area contributed by atoms with Gasteiger partial charge in [-0.15, -0.1) is 0 Å². The molecular weight excluding hydrogens is 310 g/mol. The van der Waals surface area contributed by atoms with Gasteiger partial charge in [-0.25, -0.2) is 4.79 Å². The molecular formula is C17H23N3O4. The van der Waals surface area contributed by atoms with Crippen molar-refractivity contribution in [2.45, 2.75) is 24.9 Å². The van der Waals surface area contributed by atoms with E-state index in [4.69, 9.17) is 9.84 Å². The number of carbonyl (C=O) groups is 2. The van der Waals surface area contributed by atoms with Gasteiger partial charge in [-0.2, -0.15) is 0 Å². The SMILES string of the molecule is COc1ccccc1CCC(=O)N1CC(N2C[C@H](CO)NC2=O)C1. The highest BCUT2D eigenvalue weighted by molar-refractivity contribution is 5.80. The number of hydrogen-bond donors (Lipinski definition) is 2. The van der Waals surface area contributed by atoms with Crippen LogP contribution in [0.3, 0.4) is 0 Å². The van der Waals surface area contributed by atoms with Gasteiger partial charge in [0.05, 0.1) is 25.8 Å². The molecule has 2 aliphatic rings. The van der Waals surface area contributed by atoms with Gasteiger partial charge in [0, 0.05) is 26.1 Å². The fourth-order valence-electron chi connectivity index (χ4n) is 3.21. The average Bonchev–Trinajstić information content (AvgIpc) is 2.92. The molecule has 2 aliphatic heterocycles. The Bertz CT molecular complexity index is 616. The molecule has 2 saturated heterocycles. The number of methoxy groups -OCH3 is 1. The third-order valence-electron chi connectivity index (χ3n) is 4.68. The number of aliphatic hydroxyl groups is 1. The molecule has 1 aromatic carbocycles. The van der Waals surface area contributed by atoms with Crippen LogP contribution in [0.2, 0.25) is 0 Å². The number of rotatable bonds is 6. The minimum absolute atomic E-state index is 0.0526. The van der Waals surface area contributed by atoms with Gasteiger partial charge in [0.15, 0.2) is 0 Å². The van der Waals surface area contributed by atoms with Crippen LogP contribution in [0.5, 0.6) is 5.75 Å². The van der Waals surface area contributed by atoms with Crippen LogP contribution in [0.25, 0.3) is 0 Å². The molecule has 2 N–H and O–H groups in total. The van der Waals surface area contributed by atoms with Gasteiger partial charge in [0.2, 0.25) is 5.91 Å². The van der Waals surface area contributed by atoms with E-state index in [2.05, 4.69) is 5.32 Å². The highest BCUT2D eigenvalue weighted by Crippen LogP contribution is 2.22. The predicted molar refractivity (Wildman–Crippen MR) is 87.8 cm³/mol. The van der Waals surface area contributed by atoms with Crippen LogP contribution < -0.4 is 10.1 Å². The van der Waals surface area contributed by atoms with Crippen LogP contribution in [0.15, 0.2) is 24.3 Å². The van der Waals surface area contributed by atoms with Crippen molar-refractivity contribution in [3.05, 3.63) is 29.8 Å². The van der Waals surface area contributed by atoms with Crippen molar-refractivity contribution in [3.63, 3.8) is 0 Å². The summed E-state index contributed by atoms with van der Waals surface area (Å²) in [6.07, 6.45) is 1.07. The summed E-state index contributed by atoms with van der Waals surface area (Å²) in [5, 5.41) is 11.8. The van der Waals surface area contributed by atoms with Crippen LogP contribution >= 0.6 is 0 Å². The number of nitrogens with one attached hydrogen (secondary N) is 1. The van der Waals surface area contributed by atoms with E-state index in [0.29, 0.717) is 32.5 Å². The number of aliphatic hydroxyl groups excluding tert-OH is 1. The summed E-state index contributed by atoms with van der Waals surface area (Å²) in [4.78, 5) is 27.6. The molecule has 0 unspecified atom stereocenters. The molecule has 1 aromatic rings. The van der Waals surface area contributed by atoms with Crippen molar-refractivity contribution >= 4 is 11.9 Å². The monoisotopic (exact) mass is 333 g/mol. The largest absolute Gasteiger partial charge is 0.496 e. The van der Waals surface area contributed by atoms with E-state index in [1.165, 1.54) is 0 Å². The maximum Gasteiger partial charge on any atom is 0.318 e. The summed E-state index contributed by atoms with van der Waals surface area (Å²) in [5.41, 5.74) is 1.02. The second-order valence-electron chi connectivity index (χ2n) is 6.25. The lowest BCUT2D eigenvalue weighted by atomic mass is 10.0. The normalized spacial score (nSPS) is 20.8. The Hall–Kier alpha value is -2.28. The van der Waals surface area contributed by atoms with Crippen LogP contribution in [-0.2, 0) is 11.2 Å². The van der Waals surface area contributed by atoms with Gasteiger partial charge in [0.1, 0.15) is 5.75 Å². The third-order valence-corrected chi connectivity index (χ3v) is 4.68. The fourth-order valence-corrected chi connectivity index (χ4v) is 3.21. The van der Waals surface area contributed by atoms with Gasteiger partial charge in [0.25, 0.3) is 0 Å². The summed E-state index contributed by atoms with van der Waals surface area (Å²) >= 11 is 0. The van der Waals surface area contributed by atoms with Crippen molar-refractivity contribution in [2.75, 3.05) is 33.4 Å². The maximum absolute atomic E-state index is 12.3. The van der Waals surface area contributed by atoms with Crippen LogP contribution in [-0.4, -0.2) is 72.3 Å². The van der Waals surface area contributed by atoms with E-state index in [1.54, 1.807) is 16.9 Å². The lowest BCUT2D eigenvalue weighted by Gasteiger charge is -2.43. The Morgan fingerprint density at radius 2 is 2.08 bits per heavy atom. The van der Waals surface area contributed by atoms with Crippen molar-refractivity contribution in [3.8, 4) is 5.75 Å². The van der Waals surface area contributed by atoms with Crippen molar-refractivity contribution in [1.82, 2.24) is 15.1 Å². The third kappa shape index (κ3) is 3.31. The Kier molecular flexibility index (Phi) is 4.89. The number of para-hydroxylation sites is 1. The van der Waals surface area contributed by atoms with Crippen molar-refractivity contribution in [2.24, 2.45) is 0 Å². The predicted octanol–water partition coefficient (Wildman–Crippen LogP) is 0.225. The van der Waals surface area contributed by atoms with E-state index < -0.39 is 0 Å². The number of likely N-dealkylation sites (tertiary alicyclic amines) is 1. The molecule has 2 heterocycles. The zero-order chi connectivity index (χ0) is 17.1. The van der Waals surface area contributed by atoms with Crippen LogP contribution in [0.4, 0.5) is 4.79 Å². The first-order valence-electron chi connectivity index (χ1n) is 8.20. The number of carbonyl (C=O) groups excluding carboxylic acids is 2. The van der Waals surface area contributed by atoms with Crippen LogP contribution in [0.1, 0.15) is 12.0 Å². The van der Waals surface area contributed by atoms with E-state index >= 15 is 0 Å².